The quantitative estimate of drug-likeness (QED) is 0.624. The van der Waals surface area contributed by atoms with Crippen molar-refractivity contribution >= 4 is 11.5 Å². The summed E-state index contributed by atoms with van der Waals surface area (Å²) in [6.45, 7) is 8.50. The Labute approximate surface area is 129 Å². The van der Waals surface area contributed by atoms with Crippen LogP contribution in [0.1, 0.15) is 31.9 Å². The molecule has 0 aliphatic heterocycles. The second-order valence-electron chi connectivity index (χ2n) is 6.64. The monoisotopic (exact) mass is 293 g/mol. The molecule has 4 heteroatoms. The molecule has 0 saturated carbocycles. The average Bonchev–Trinajstić information content (AvgIpc) is 2.84. The van der Waals surface area contributed by atoms with Gasteiger partial charge in [0.1, 0.15) is 11.3 Å². The number of nitroso groups, excluding NO2 is 1. The third-order valence-corrected chi connectivity index (χ3v) is 3.85. The van der Waals surface area contributed by atoms with Gasteiger partial charge < -0.3 is 0 Å². The van der Waals surface area contributed by atoms with Gasteiger partial charge in [-0.15, -0.1) is 4.91 Å². The molecule has 3 rings (SSSR count). The summed E-state index contributed by atoms with van der Waals surface area (Å²) in [7, 11) is 0. The van der Waals surface area contributed by atoms with Crippen LogP contribution >= 0.6 is 0 Å². The van der Waals surface area contributed by atoms with Crippen LogP contribution in [0, 0.1) is 11.8 Å². The van der Waals surface area contributed by atoms with Gasteiger partial charge in [0.05, 0.1) is 0 Å². The maximum Gasteiger partial charge on any atom is 0.209 e. The number of hydrogen-bond acceptors (Lipinski definition) is 3. The van der Waals surface area contributed by atoms with Crippen molar-refractivity contribution < 1.29 is 0 Å². The van der Waals surface area contributed by atoms with Crippen LogP contribution in [0.3, 0.4) is 0 Å². The smallest absolute Gasteiger partial charge is 0.209 e. The molecular weight excluding hydrogens is 274 g/mol. The van der Waals surface area contributed by atoms with Crippen LogP contribution in [0.5, 0.6) is 0 Å². The van der Waals surface area contributed by atoms with Gasteiger partial charge in [-0.2, -0.15) is 0 Å². The summed E-state index contributed by atoms with van der Waals surface area (Å²) in [4.78, 5) is 15.9. The minimum atomic E-state index is 0.0975. The van der Waals surface area contributed by atoms with E-state index in [0.717, 1.165) is 16.8 Å². The maximum atomic E-state index is 11.3. The van der Waals surface area contributed by atoms with Gasteiger partial charge in [0.2, 0.25) is 5.82 Å². The normalized spacial score (nSPS) is 11.8. The zero-order valence-corrected chi connectivity index (χ0v) is 13.3. The second-order valence-corrected chi connectivity index (χ2v) is 6.64. The first-order chi connectivity index (χ1) is 10.4. The molecule has 0 amide bonds. The number of fused-ring (bicyclic) bond motifs is 1. The predicted molar refractivity (Wildman–Crippen MR) is 89.5 cm³/mol. The lowest BCUT2D eigenvalue weighted by Gasteiger charge is -2.18. The Morgan fingerprint density at radius 2 is 1.73 bits per heavy atom. The molecule has 1 aromatic carbocycles. The minimum absolute atomic E-state index is 0.0975. The molecule has 2 aromatic heterocycles. The molecule has 4 nitrogen and oxygen atoms in total. The second kappa shape index (κ2) is 5.05. The van der Waals surface area contributed by atoms with Crippen molar-refractivity contribution in [2.24, 2.45) is 5.18 Å². The molecular formula is C18H19N3O. The molecule has 0 atom stereocenters. The molecule has 0 aliphatic rings. The van der Waals surface area contributed by atoms with Crippen molar-refractivity contribution in [3.63, 3.8) is 0 Å². The van der Waals surface area contributed by atoms with Gasteiger partial charge in [0.25, 0.3) is 0 Å². The number of benzene rings is 1. The Balaban J connectivity index is 2.15. The van der Waals surface area contributed by atoms with Crippen LogP contribution in [0.15, 0.2) is 47.8 Å². The summed E-state index contributed by atoms with van der Waals surface area (Å²) in [5.41, 5.74) is 4.67. The SMILES string of the molecule is Cc1ccc2nc(-c3ccc(C(C)(C)C)cc3)c(N=O)n2c1. The number of nitrogens with zero attached hydrogens (tertiary/aromatic N) is 3. The summed E-state index contributed by atoms with van der Waals surface area (Å²) < 4.78 is 1.75. The van der Waals surface area contributed by atoms with Crippen LogP contribution < -0.4 is 0 Å². The fraction of sp³-hybridized carbons (Fsp3) is 0.278. The number of pyridine rings is 1. The van der Waals surface area contributed by atoms with E-state index in [-0.39, 0.29) is 5.41 Å². The summed E-state index contributed by atoms with van der Waals surface area (Å²) in [6.07, 6.45) is 1.88. The molecule has 0 fully saturated rings. The highest BCUT2D eigenvalue weighted by atomic mass is 16.3. The zero-order chi connectivity index (χ0) is 15.9. The predicted octanol–water partition coefficient (Wildman–Crippen LogP) is 5.01. The molecule has 0 unspecified atom stereocenters. The lowest BCUT2D eigenvalue weighted by Crippen LogP contribution is -2.10. The molecule has 112 valence electrons. The van der Waals surface area contributed by atoms with E-state index in [4.69, 9.17) is 0 Å². The maximum absolute atomic E-state index is 11.3. The fourth-order valence-electron chi connectivity index (χ4n) is 2.55. The van der Waals surface area contributed by atoms with Crippen molar-refractivity contribution in [3.05, 3.63) is 58.6 Å². The van der Waals surface area contributed by atoms with Gasteiger partial charge in [0, 0.05) is 11.8 Å². The Bertz CT molecular complexity index is 839. The van der Waals surface area contributed by atoms with Crippen molar-refractivity contribution in [2.75, 3.05) is 0 Å². The van der Waals surface area contributed by atoms with Gasteiger partial charge in [0.15, 0.2) is 0 Å². The Morgan fingerprint density at radius 1 is 1.05 bits per heavy atom. The molecule has 3 aromatic rings. The topological polar surface area (TPSA) is 46.7 Å². The van der Waals surface area contributed by atoms with Crippen LogP contribution in [-0.2, 0) is 5.41 Å². The highest BCUT2D eigenvalue weighted by molar-refractivity contribution is 5.74. The summed E-state index contributed by atoms with van der Waals surface area (Å²) >= 11 is 0. The van der Waals surface area contributed by atoms with E-state index < -0.39 is 0 Å². The Hall–Kier alpha value is -2.49. The summed E-state index contributed by atoms with van der Waals surface area (Å²) in [5, 5.41) is 3.20. The van der Waals surface area contributed by atoms with E-state index in [0.29, 0.717) is 11.5 Å². The van der Waals surface area contributed by atoms with Gasteiger partial charge in [-0.25, -0.2) is 4.98 Å². The van der Waals surface area contributed by atoms with Crippen molar-refractivity contribution in [1.29, 1.82) is 0 Å². The third kappa shape index (κ3) is 2.41. The fourth-order valence-corrected chi connectivity index (χ4v) is 2.55. The lowest BCUT2D eigenvalue weighted by molar-refractivity contribution is 0.590. The average molecular weight is 293 g/mol. The first-order valence-electron chi connectivity index (χ1n) is 7.33. The van der Waals surface area contributed by atoms with Crippen LogP contribution in [-0.4, -0.2) is 9.38 Å². The number of rotatable bonds is 2. The number of aromatic nitrogens is 2. The number of imidazole rings is 1. The first-order valence-corrected chi connectivity index (χ1v) is 7.33. The Morgan fingerprint density at radius 3 is 2.32 bits per heavy atom. The van der Waals surface area contributed by atoms with E-state index in [2.05, 4.69) is 43.1 Å². The van der Waals surface area contributed by atoms with Crippen molar-refractivity contribution in [1.82, 2.24) is 9.38 Å². The Kier molecular flexibility index (Phi) is 3.32. The van der Waals surface area contributed by atoms with Gasteiger partial charge in [-0.1, -0.05) is 51.1 Å². The largest absolute Gasteiger partial charge is 0.281 e. The first kappa shape index (κ1) is 14.4. The lowest BCUT2D eigenvalue weighted by atomic mass is 9.86. The van der Waals surface area contributed by atoms with E-state index in [1.165, 1.54) is 5.56 Å². The van der Waals surface area contributed by atoms with E-state index >= 15 is 0 Å². The van der Waals surface area contributed by atoms with E-state index in [9.17, 15) is 4.91 Å². The van der Waals surface area contributed by atoms with Crippen molar-refractivity contribution in [3.8, 4) is 11.3 Å². The minimum Gasteiger partial charge on any atom is -0.281 e. The van der Waals surface area contributed by atoms with Crippen LogP contribution in [0.2, 0.25) is 0 Å². The molecule has 0 saturated heterocycles. The highest BCUT2D eigenvalue weighted by Gasteiger charge is 2.17. The molecule has 22 heavy (non-hydrogen) atoms. The van der Waals surface area contributed by atoms with E-state index in [1.807, 2.05) is 37.4 Å². The standard InChI is InChI=1S/C18H19N3O/c1-12-5-10-15-19-16(17(20-22)21(15)11-12)13-6-8-14(9-7-13)18(2,3)4/h5-11H,1-4H3. The molecule has 0 bridgehead atoms. The molecule has 0 radical (unpaired) electrons. The molecule has 0 N–H and O–H groups in total. The van der Waals surface area contributed by atoms with Gasteiger partial charge >= 0.3 is 0 Å². The molecule has 2 heterocycles. The van der Waals surface area contributed by atoms with Crippen molar-refractivity contribution in [2.45, 2.75) is 33.1 Å². The van der Waals surface area contributed by atoms with E-state index in [1.54, 1.807) is 4.40 Å². The van der Waals surface area contributed by atoms with Crippen LogP contribution in [0.25, 0.3) is 16.9 Å². The number of aryl methyl sites for hydroxylation is 1. The van der Waals surface area contributed by atoms with Gasteiger partial charge in [-0.05, 0) is 34.7 Å². The highest BCUT2D eigenvalue weighted by Crippen LogP contribution is 2.32. The summed E-state index contributed by atoms with van der Waals surface area (Å²) in [5.74, 6) is 0.349. The third-order valence-electron chi connectivity index (χ3n) is 3.85. The molecule has 0 spiro atoms. The molecule has 0 aliphatic carbocycles. The zero-order valence-electron chi connectivity index (χ0n) is 13.3. The number of hydrogen-bond donors (Lipinski definition) is 0. The summed E-state index contributed by atoms with van der Waals surface area (Å²) in [6, 6.07) is 12.0. The van der Waals surface area contributed by atoms with Gasteiger partial charge in [-0.3, -0.25) is 4.40 Å². The van der Waals surface area contributed by atoms with Crippen LogP contribution in [0.4, 0.5) is 5.82 Å².